The summed E-state index contributed by atoms with van der Waals surface area (Å²) >= 11 is 0. The van der Waals surface area contributed by atoms with Crippen LogP contribution in [0.2, 0.25) is 0 Å². The van der Waals surface area contributed by atoms with Gasteiger partial charge in [0, 0.05) is 18.8 Å². The molecule has 1 aliphatic rings. The van der Waals surface area contributed by atoms with E-state index in [-0.39, 0.29) is 10.9 Å². The molecule has 2 rings (SSSR count). The number of aromatic nitrogens is 1. The average Bonchev–Trinajstić information content (AvgIpc) is 2.41. The number of hydrogen-bond donors (Lipinski definition) is 2. The SMILES string of the molecule is CC1CCC(NS(=O)(=O)c2ccc(CN)nc2)CC1. The van der Waals surface area contributed by atoms with Crippen LogP contribution in [0.4, 0.5) is 0 Å². The van der Waals surface area contributed by atoms with Crippen molar-refractivity contribution in [2.75, 3.05) is 0 Å². The van der Waals surface area contributed by atoms with Crippen LogP contribution >= 0.6 is 0 Å². The summed E-state index contributed by atoms with van der Waals surface area (Å²) in [5.41, 5.74) is 6.13. The Morgan fingerprint density at radius 2 is 2.00 bits per heavy atom. The lowest BCUT2D eigenvalue weighted by atomic mass is 9.88. The van der Waals surface area contributed by atoms with Crippen molar-refractivity contribution in [1.82, 2.24) is 9.71 Å². The van der Waals surface area contributed by atoms with Gasteiger partial charge in [0.25, 0.3) is 0 Å². The Morgan fingerprint density at radius 1 is 1.32 bits per heavy atom. The molecule has 1 fully saturated rings. The molecule has 106 valence electrons. The molecule has 0 aromatic carbocycles. The van der Waals surface area contributed by atoms with Gasteiger partial charge in [-0.25, -0.2) is 13.1 Å². The van der Waals surface area contributed by atoms with Crippen molar-refractivity contribution in [3.63, 3.8) is 0 Å². The summed E-state index contributed by atoms with van der Waals surface area (Å²) in [6, 6.07) is 3.26. The van der Waals surface area contributed by atoms with Gasteiger partial charge in [-0.05, 0) is 43.7 Å². The monoisotopic (exact) mass is 283 g/mol. The van der Waals surface area contributed by atoms with Crippen LogP contribution < -0.4 is 10.5 Å². The topological polar surface area (TPSA) is 85.1 Å². The van der Waals surface area contributed by atoms with E-state index in [2.05, 4.69) is 16.6 Å². The molecular weight excluding hydrogens is 262 g/mol. The van der Waals surface area contributed by atoms with Gasteiger partial charge in [0.2, 0.25) is 10.0 Å². The summed E-state index contributed by atoms with van der Waals surface area (Å²) in [6.07, 6.45) is 5.36. The van der Waals surface area contributed by atoms with Gasteiger partial charge in [-0.15, -0.1) is 0 Å². The van der Waals surface area contributed by atoms with Gasteiger partial charge in [0.1, 0.15) is 4.90 Å². The van der Waals surface area contributed by atoms with E-state index >= 15 is 0 Å². The van der Waals surface area contributed by atoms with Gasteiger partial charge in [-0.3, -0.25) is 4.98 Å². The van der Waals surface area contributed by atoms with E-state index in [1.807, 2.05) is 0 Å². The fraction of sp³-hybridized carbons (Fsp3) is 0.615. The van der Waals surface area contributed by atoms with E-state index in [9.17, 15) is 8.42 Å². The molecule has 1 aromatic heterocycles. The third-order valence-electron chi connectivity index (χ3n) is 3.65. The third-order valence-corrected chi connectivity index (χ3v) is 5.16. The summed E-state index contributed by atoms with van der Waals surface area (Å²) in [4.78, 5) is 4.24. The summed E-state index contributed by atoms with van der Waals surface area (Å²) < 4.78 is 27.2. The summed E-state index contributed by atoms with van der Waals surface area (Å²) in [7, 11) is -3.46. The fourth-order valence-corrected chi connectivity index (χ4v) is 3.61. The minimum atomic E-state index is -3.46. The maximum absolute atomic E-state index is 12.2. The Bertz CT molecular complexity index is 505. The highest BCUT2D eigenvalue weighted by molar-refractivity contribution is 7.89. The Balaban J connectivity index is 2.05. The van der Waals surface area contributed by atoms with E-state index in [1.165, 1.54) is 6.20 Å². The second-order valence-electron chi connectivity index (χ2n) is 5.27. The summed E-state index contributed by atoms with van der Waals surface area (Å²) in [5.74, 6) is 0.700. The van der Waals surface area contributed by atoms with E-state index in [0.717, 1.165) is 25.7 Å². The lowest BCUT2D eigenvalue weighted by Crippen LogP contribution is -2.37. The van der Waals surface area contributed by atoms with Gasteiger partial charge in [-0.1, -0.05) is 6.92 Å². The standard InChI is InChI=1S/C13H21N3O2S/c1-10-2-4-11(5-3-10)16-19(17,18)13-7-6-12(8-14)15-9-13/h6-7,9-11,16H,2-5,8,14H2,1H3. The van der Waals surface area contributed by atoms with Crippen LogP contribution in [0, 0.1) is 5.92 Å². The maximum atomic E-state index is 12.2. The zero-order chi connectivity index (χ0) is 13.9. The number of nitrogens with zero attached hydrogens (tertiary/aromatic N) is 1. The summed E-state index contributed by atoms with van der Waals surface area (Å²) in [6.45, 7) is 2.52. The first kappa shape index (κ1) is 14.4. The van der Waals surface area contributed by atoms with Crippen LogP contribution in [0.25, 0.3) is 0 Å². The number of nitrogens with one attached hydrogen (secondary N) is 1. The van der Waals surface area contributed by atoms with E-state index in [4.69, 9.17) is 5.73 Å². The average molecular weight is 283 g/mol. The Kier molecular flexibility index (Phi) is 4.54. The smallest absolute Gasteiger partial charge is 0.242 e. The normalized spacial score (nSPS) is 24.3. The van der Waals surface area contributed by atoms with Gasteiger partial charge in [-0.2, -0.15) is 0 Å². The number of rotatable bonds is 4. The maximum Gasteiger partial charge on any atom is 0.242 e. The van der Waals surface area contributed by atoms with Crippen molar-refractivity contribution in [2.45, 2.75) is 50.1 Å². The number of sulfonamides is 1. The molecule has 0 bridgehead atoms. The Hall–Kier alpha value is -0.980. The second kappa shape index (κ2) is 5.98. The van der Waals surface area contributed by atoms with E-state index < -0.39 is 10.0 Å². The molecule has 0 unspecified atom stereocenters. The first-order valence-electron chi connectivity index (χ1n) is 6.68. The first-order valence-corrected chi connectivity index (χ1v) is 8.17. The fourth-order valence-electron chi connectivity index (χ4n) is 2.36. The molecule has 5 nitrogen and oxygen atoms in total. The van der Waals surface area contributed by atoms with E-state index in [0.29, 0.717) is 18.2 Å². The molecule has 0 atom stereocenters. The van der Waals surface area contributed by atoms with Crippen molar-refractivity contribution < 1.29 is 8.42 Å². The molecule has 19 heavy (non-hydrogen) atoms. The zero-order valence-electron chi connectivity index (χ0n) is 11.2. The molecule has 0 saturated heterocycles. The van der Waals surface area contributed by atoms with Gasteiger partial charge in [0.15, 0.2) is 0 Å². The van der Waals surface area contributed by atoms with Crippen LogP contribution in [0.5, 0.6) is 0 Å². The van der Waals surface area contributed by atoms with Crippen molar-refractivity contribution in [3.8, 4) is 0 Å². The predicted molar refractivity (Wildman–Crippen MR) is 73.9 cm³/mol. The quantitative estimate of drug-likeness (QED) is 0.874. The van der Waals surface area contributed by atoms with Crippen molar-refractivity contribution in [3.05, 3.63) is 24.0 Å². The number of pyridine rings is 1. The molecule has 0 amide bonds. The van der Waals surface area contributed by atoms with Crippen LogP contribution in [-0.2, 0) is 16.6 Å². The van der Waals surface area contributed by atoms with Crippen molar-refractivity contribution in [1.29, 1.82) is 0 Å². The molecule has 1 saturated carbocycles. The van der Waals surface area contributed by atoms with Crippen molar-refractivity contribution >= 4 is 10.0 Å². The minimum absolute atomic E-state index is 0.0513. The van der Waals surface area contributed by atoms with E-state index in [1.54, 1.807) is 12.1 Å². The molecule has 3 N–H and O–H groups in total. The minimum Gasteiger partial charge on any atom is -0.325 e. The Labute approximate surface area is 114 Å². The second-order valence-corrected chi connectivity index (χ2v) is 6.98. The van der Waals surface area contributed by atoms with Crippen LogP contribution in [0.3, 0.4) is 0 Å². The molecule has 0 aliphatic heterocycles. The number of nitrogens with two attached hydrogens (primary N) is 1. The van der Waals surface area contributed by atoms with Gasteiger partial charge < -0.3 is 5.73 Å². The molecular formula is C13H21N3O2S. The van der Waals surface area contributed by atoms with Crippen LogP contribution in [0.15, 0.2) is 23.2 Å². The Morgan fingerprint density at radius 3 is 2.53 bits per heavy atom. The number of hydrogen-bond acceptors (Lipinski definition) is 4. The lowest BCUT2D eigenvalue weighted by Gasteiger charge is -2.26. The highest BCUT2D eigenvalue weighted by Gasteiger charge is 2.24. The molecule has 1 heterocycles. The van der Waals surface area contributed by atoms with Crippen LogP contribution in [-0.4, -0.2) is 19.4 Å². The largest absolute Gasteiger partial charge is 0.325 e. The summed E-state index contributed by atoms with van der Waals surface area (Å²) in [5, 5.41) is 0. The predicted octanol–water partition coefficient (Wildman–Crippen LogP) is 1.40. The molecule has 1 aromatic rings. The highest BCUT2D eigenvalue weighted by atomic mass is 32.2. The molecule has 1 aliphatic carbocycles. The van der Waals surface area contributed by atoms with Crippen LogP contribution in [0.1, 0.15) is 38.3 Å². The first-order chi connectivity index (χ1) is 9.01. The molecule has 6 heteroatoms. The molecule has 0 radical (unpaired) electrons. The molecule has 0 spiro atoms. The third kappa shape index (κ3) is 3.75. The van der Waals surface area contributed by atoms with Gasteiger partial charge >= 0.3 is 0 Å². The van der Waals surface area contributed by atoms with Gasteiger partial charge in [0.05, 0.1) is 5.69 Å². The van der Waals surface area contributed by atoms with Crippen molar-refractivity contribution in [2.24, 2.45) is 11.7 Å². The zero-order valence-corrected chi connectivity index (χ0v) is 12.0. The lowest BCUT2D eigenvalue weighted by molar-refractivity contribution is 0.332. The highest BCUT2D eigenvalue weighted by Crippen LogP contribution is 2.24.